The smallest absolute Gasteiger partial charge is 0.369 e. The Bertz CT molecular complexity index is 1080. The number of benzene rings is 2. The second-order valence-corrected chi connectivity index (χ2v) is 6.88. The van der Waals surface area contributed by atoms with E-state index in [0.29, 0.717) is 24.3 Å². The molecule has 1 aliphatic heterocycles. The van der Waals surface area contributed by atoms with E-state index in [9.17, 15) is 26.3 Å². The molecule has 0 saturated heterocycles. The van der Waals surface area contributed by atoms with Crippen molar-refractivity contribution in [3.05, 3.63) is 64.2 Å². The summed E-state index contributed by atoms with van der Waals surface area (Å²) in [5.74, 6) is 0.332. The van der Waals surface area contributed by atoms with Crippen molar-refractivity contribution in [1.82, 2.24) is 9.78 Å². The van der Waals surface area contributed by atoms with Crippen LogP contribution in [-0.4, -0.2) is 16.3 Å². The fourth-order valence-electron chi connectivity index (χ4n) is 3.35. The summed E-state index contributed by atoms with van der Waals surface area (Å²) in [4.78, 5) is 0. The van der Waals surface area contributed by atoms with Crippen molar-refractivity contribution in [3.8, 4) is 16.9 Å². The molecule has 2 heterocycles. The predicted octanol–water partition coefficient (Wildman–Crippen LogP) is 6.20. The standard InChI is InChI=1S/C19H12ClF6N3/c20-14-6-5-10(18(21,22)23)9-15(14)29-17-12(7-8-27-17)16(28-29)11-3-1-2-4-13(11)19(24,25)26/h1-6,9,27H,7-8H2. The fraction of sp³-hybridized carbons (Fsp3) is 0.211. The zero-order valence-corrected chi connectivity index (χ0v) is 15.3. The van der Waals surface area contributed by atoms with E-state index in [0.717, 1.165) is 28.9 Å². The van der Waals surface area contributed by atoms with Crippen LogP contribution in [0.25, 0.3) is 16.9 Å². The lowest BCUT2D eigenvalue weighted by atomic mass is 10.0. The lowest BCUT2D eigenvalue weighted by Gasteiger charge is -2.13. The van der Waals surface area contributed by atoms with Crippen molar-refractivity contribution in [3.63, 3.8) is 0 Å². The number of nitrogens with zero attached hydrogens (tertiary/aromatic N) is 2. The number of rotatable bonds is 2. The van der Waals surface area contributed by atoms with Gasteiger partial charge in [-0.05, 0) is 30.7 Å². The third kappa shape index (κ3) is 3.43. The van der Waals surface area contributed by atoms with E-state index < -0.39 is 23.5 Å². The third-order valence-electron chi connectivity index (χ3n) is 4.64. The first-order valence-corrected chi connectivity index (χ1v) is 8.84. The molecule has 0 fully saturated rings. The minimum absolute atomic E-state index is 0.00680. The largest absolute Gasteiger partial charge is 0.417 e. The number of alkyl halides is 6. The van der Waals surface area contributed by atoms with Crippen LogP contribution in [-0.2, 0) is 18.8 Å². The Balaban J connectivity index is 1.94. The fourth-order valence-corrected chi connectivity index (χ4v) is 3.55. The number of fused-ring (bicyclic) bond motifs is 1. The van der Waals surface area contributed by atoms with Gasteiger partial charge >= 0.3 is 12.4 Å². The molecular formula is C19H12ClF6N3. The van der Waals surface area contributed by atoms with Gasteiger partial charge in [0.15, 0.2) is 0 Å². The first-order valence-electron chi connectivity index (χ1n) is 8.47. The summed E-state index contributed by atoms with van der Waals surface area (Å²) in [6.07, 6.45) is -8.82. The van der Waals surface area contributed by atoms with Crippen LogP contribution in [0, 0.1) is 0 Å². The number of anilines is 1. The Morgan fingerprint density at radius 1 is 0.966 bits per heavy atom. The van der Waals surface area contributed by atoms with Crippen LogP contribution in [0.15, 0.2) is 42.5 Å². The highest BCUT2D eigenvalue weighted by Gasteiger charge is 2.36. The molecule has 1 N–H and O–H groups in total. The predicted molar refractivity (Wildman–Crippen MR) is 96.2 cm³/mol. The monoisotopic (exact) mass is 431 g/mol. The zero-order chi connectivity index (χ0) is 21.0. The highest BCUT2D eigenvalue weighted by molar-refractivity contribution is 6.32. The van der Waals surface area contributed by atoms with Crippen LogP contribution in [0.3, 0.4) is 0 Å². The minimum Gasteiger partial charge on any atom is -0.369 e. The van der Waals surface area contributed by atoms with Crippen LogP contribution < -0.4 is 5.32 Å². The van der Waals surface area contributed by atoms with Gasteiger partial charge < -0.3 is 5.32 Å². The molecular weight excluding hydrogens is 420 g/mol. The van der Waals surface area contributed by atoms with Crippen molar-refractivity contribution in [2.24, 2.45) is 0 Å². The van der Waals surface area contributed by atoms with Crippen molar-refractivity contribution < 1.29 is 26.3 Å². The van der Waals surface area contributed by atoms with E-state index >= 15 is 0 Å². The molecule has 3 nitrogen and oxygen atoms in total. The van der Waals surface area contributed by atoms with Gasteiger partial charge in [-0.25, -0.2) is 4.68 Å². The highest BCUT2D eigenvalue weighted by atomic mass is 35.5. The summed E-state index contributed by atoms with van der Waals surface area (Å²) in [5, 5.41) is 7.21. The van der Waals surface area contributed by atoms with E-state index in [4.69, 9.17) is 11.6 Å². The van der Waals surface area contributed by atoms with Crippen molar-refractivity contribution >= 4 is 17.4 Å². The summed E-state index contributed by atoms with van der Waals surface area (Å²) in [7, 11) is 0. The molecule has 3 aromatic rings. The number of nitrogens with one attached hydrogen (secondary N) is 1. The molecule has 0 saturated carbocycles. The van der Waals surface area contributed by atoms with Crippen molar-refractivity contribution in [2.45, 2.75) is 18.8 Å². The Kier molecular flexibility index (Phi) is 4.53. The average Bonchev–Trinajstić information content (AvgIpc) is 3.23. The Labute approximate surface area is 165 Å². The summed E-state index contributed by atoms with van der Waals surface area (Å²) in [5.41, 5.74) is -1.45. The van der Waals surface area contributed by atoms with Crippen LogP contribution in [0.2, 0.25) is 5.02 Å². The first kappa shape index (κ1) is 19.6. The molecule has 4 rings (SSSR count). The minimum atomic E-state index is -4.60. The van der Waals surface area contributed by atoms with Crippen LogP contribution in [0.4, 0.5) is 32.2 Å². The average molecular weight is 432 g/mol. The highest BCUT2D eigenvalue weighted by Crippen LogP contribution is 2.42. The first-order chi connectivity index (χ1) is 13.6. The van der Waals surface area contributed by atoms with E-state index in [1.54, 1.807) is 0 Å². The maximum atomic E-state index is 13.5. The lowest BCUT2D eigenvalue weighted by Crippen LogP contribution is -2.10. The Morgan fingerprint density at radius 2 is 1.69 bits per heavy atom. The summed E-state index contributed by atoms with van der Waals surface area (Å²) >= 11 is 6.11. The molecule has 2 aromatic carbocycles. The number of halogens is 7. The van der Waals surface area contributed by atoms with Gasteiger partial charge in [-0.3, -0.25) is 0 Å². The molecule has 1 aliphatic rings. The number of hydrogen-bond donors (Lipinski definition) is 1. The summed E-state index contributed by atoms with van der Waals surface area (Å²) in [6.45, 7) is 0.422. The quantitative estimate of drug-likeness (QED) is 0.490. The lowest BCUT2D eigenvalue weighted by molar-refractivity contribution is -0.138. The van der Waals surface area contributed by atoms with Gasteiger partial charge in [0.25, 0.3) is 0 Å². The van der Waals surface area contributed by atoms with E-state index in [-0.39, 0.29) is 22.0 Å². The van der Waals surface area contributed by atoms with Gasteiger partial charge in [0, 0.05) is 17.7 Å². The van der Waals surface area contributed by atoms with Gasteiger partial charge in [-0.15, -0.1) is 0 Å². The maximum absolute atomic E-state index is 13.5. The van der Waals surface area contributed by atoms with Gasteiger partial charge in [-0.2, -0.15) is 31.4 Å². The number of hydrogen-bond acceptors (Lipinski definition) is 2. The van der Waals surface area contributed by atoms with Crippen LogP contribution in [0.1, 0.15) is 16.7 Å². The summed E-state index contributed by atoms with van der Waals surface area (Å²) < 4.78 is 80.9. The van der Waals surface area contributed by atoms with Gasteiger partial charge in [0.1, 0.15) is 5.82 Å². The number of aromatic nitrogens is 2. The van der Waals surface area contributed by atoms with E-state index in [2.05, 4.69) is 10.4 Å². The topological polar surface area (TPSA) is 29.9 Å². The van der Waals surface area contributed by atoms with Gasteiger partial charge in [0.05, 0.1) is 27.5 Å². The Hall–Kier alpha value is -2.68. The molecule has 152 valence electrons. The Morgan fingerprint density at radius 3 is 2.38 bits per heavy atom. The molecule has 0 spiro atoms. The second-order valence-electron chi connectivity index (χ2n) is 6.47. The van der Waals surface area contributed by atoms with E-state index in [1.165, 1.54) is 18.2 Å². The molecule has 29 heavy (non-hydrogen) atoms. The molecule has 0 atom stereocenters. The van der Waals surface area contributed by atoms with Crippen molar-refractivity contribution in [1.29, 1.82) is 0 Å². The van der Waals surface area contributed by atoms with Crippen LogP contribution >= 0.6 is 11.6 Å². The van der Waals surface area contributed by atoms with Crippen molar-refractivity contribution in [2.75, 3.05) is 11.9 Å². The zero-order valence-electron chi connectivity index (χ0n) is 14.5. The molecule has 0 radical (unpaired) electrons. The normalized spacial score (nSPS) is 14.0. The van der Waals surface area contributed by atoms with E-state index in [1.807, 2.05) is 0 Å². The molecule has 1 aromatic heterocycles. The van der Waals surface area contributed by atoms with Gasteiger partial charge in [0.2, 0.25) is 0 Å². The molecule has 0 bridgehead atoms. The van der Waals surface area contributed by atoms with Crippen LogP contribution in [0.5, 0.6) is 0 Å². The van der Waals surface area contributed by atoms with Gasteiger partial charge in [-0.1, -0.05) is 29.8 Å². The molecule has 0 aliphatic carbocycles. The third-order valence-corrected chi connectivity index (χ3v) is 4.96. The summed E-state index contributed by atoms with van der Waals surface area (Å²) in [6, 6.07) is 7.72. The molecule has 0 amide bonds. The maximum Gasteiger partial charge on any atom is 0.417 e. The molecule has 10 heteroatoms. The molecule has 0 unspecified atom stereocenters. The second kappa shape index (κ2) is 6.69. The SMILES string of the molecule is FC(F)(F)c1ccc(Cl)c(-n2nc(-c3ccccc3C(F)(F)F)c3c2NCC3)c1.